The Bertz CT molecular complexity index is 1050. The molecule has 1 aliphatic carbocycles. The van der Waals surface area contributed by atoms with Gasteiger partial charge in [-0.1, -0.05) is 30.3 Å². The van der Waals surface area contributed by atoms with Crippen molar-refractivity contribution in [1.29, 1.82) is 0 Å². The second-order valence-electron chi connectivity index (χ2n) is 6.84. The molecule has 0 saturated carbocycles. The van der Waals surface area contributed by atoms with Crippen molar-refractivity contribution in [2.45, 2.75) is 38.6 Å². The molecule has 0 bridgehead atoms. The van der Waals surface area contributed by atoms with Crippen LogP contribution in [0.5, 0.6) is 0 Å². The Morgan fingerprint density at radius 3 is 2.64 bits per heavy atom. The molecule has 6 heteroatoms. The summed E-state index contributed by atoms with van der Waals surface area (Å²) in [5.41, 5.74) is 0.156. The number of carboxylic acids is 1. The van der Waals surface area contributed by atoms with Gasteiger partial charge in [0.25, 0.3) is 5.56 Å². The summed E-state index contributed by atoms with van der Waals surface area (Å²) in [7, 11) is 0. The minimum atomic E-state index is -1.39. The van der Waals surface area contributed by atoms with Crippen LogP contribution in [0.3, 0.4) is 0 Å². The number of hydrogen-bond donors (Lipinski definition) is 1. The molecule has 128 valence electrons. The summed E-state index contributed by atoms with van der Waals surface area (Å²) >= 11 is 1.57. The van der Waals surface area contributed by atoms with Gasteiger partial charge in [-0.25, -0.2) is 9.78 Å². The molecule has 0 atom stereocenters. The summed E-state index contributed by atoms with van der Waals surface area (Å²) in [6, 6.07) is 9.30. The first-order valence-corrected chi connectivity index (χ1v) is 9.09. The van der Waals surface area contributed by atoms with E-state index in [9.17, 15) is 14.7 Å². The maximum Gasteiger partial charge on any atom is 0.329 e. The predicted molar refractivity (Wildman–Crippen MR) is 98.3 cm³/mol. The molecule has 4 rings (SSSR count). The van der Waals surface area contributed by atoms with Crippen LogP contribution in [0.25, 0.3) is 21.6 Å². The number of thiophene rings is 1. The first-order valence-electron chi connectivity index (χ1n) is 8.28. The number of carboxylic acid groups (broad SMARTS) is 1. The molecule has 5 nitrogen and oxygen atoms in total. The normalized spacial score (nSPS) is 14.0. The maximum atomic E-state index is 13.4. The van der Waals surface area contributed by atoms with Crippen molar-refractivity contribution < 1.29 is 9.90 Å². The lowest BCUT2D eigenvalue weighted by Crippen LogP contribution is -2.44. The van der Waals surface area contributed by atoms with Gasteiger partial charge in [0.1, 0.15) is 16.2 Å². The zero-order valence-electron chi connectivity index (χ0n) is 14.1. The van der Waals surface area contributed by atoms with Gasteiger partial charge in [-0.3, -0.25) is 9.36 Å². The van der Waals surface area contributed by atoms with Gasteiger partial charge in [-0.05, 0) is 38.7 Å². The highest BCUT2D eigenvalue weighted by molar-refractivity contribution is 7.18. The fraction of sp³-hybridized carbons (Fsp3) is 0.316. The first kappa shape index (κ1) is 16.0. The van der Waals surface area contributed by atoms with E-state index in [1.54, 1.807) is 25.2 Å². The topological polar surface area (TPSA) is 72.2 Å². The first-order chi connectivity index (χ1) is 11.9. The van der Waals surface area contributed by atoms with Crippen molar-refractivity contribution >= 4 is 27.5 Å². The predicted octanol–water partition coefficient (Wildman–Crippen LogP) is 3.43. The summed E-state index contributed by atoms with van der Waals surface area (Å²) in [6.45, 7) is 3.09. The van der Waals surface area contributed by atoms with E-state index in [1.807, 2.05) is 30.3 Å². The molecule has 25 heavy (non-hydrogen) atoms. The zero-order valence-corrected chi connectivity index (χ0v) is 14.9. The molecule has 0 fully saturated rings. The molecule has 2 aromatic heterocycles. The van der Waals surface area contributed by atoms with Crippen molar-refractivity contribution in [3.63, 3.8) is 0 Å². The van der Waals surface area contributed by atoms with Gasteiger partial charge in [0.2, 0.25) is 0 Å². The molecule has 0 aliphatic heterocycles. The number of nitrogens with zero attached hydrogens (tertiary/aromatic N) is 2. The number of hydrogen-bond acceptors (Lipinski definition) is 4. The fourth-order valence-electron chi connectivity index (χ4n) is 3.44. The Morgan fingerprint density at radius 1 is 1.24 bits per heavy atom. The zero-order chi connectivity index (χ0) is 17.8. The number of aliphatic carboxylic acids is 1. The molecule has 0 radical (unpaired) electrons. The van der Waals surface area contributed by atoms with E-state index >= 15 is 0 Å². The van der Waals surface area contributed by atoms with Crippen LogP contribution in [0.15, 0.2) is 35.1 Å². The van der Waals surface area contributed by atoms with Gasteiger partial charge >= 0.3 is 5.97 Å². The van der Waals surface area contributed by atoms with Gasteiger partial charge in [0.15, 0.2) is 0 Å². The highest BCUT2D eigenvalue weighted by atomic mass is 32.1. The van der Waals surface area contributed by atoms with Crippen LogP contribution >= 0.6 is 11.3 Å². The van der Waals surface area contributed by atoms with Crippen molar-refractivity contribution in [2.24, 2.45) is 0 Å². The summed E-state index contributed by atoms with van der Waals surface area (Å²) in [4.78, 5) is 31.9. The molecule has 3 aromatic rings. The van der Waals surface area contributed by atoms with Gasteiger partial charge in [-0.2, -0.15) is 0 Å². The Balaban J connectivity index is 2.14. The third kappa shape index (κ3) is 2.32. The SMILES string of the molecule is CC(C)(C(=O)O)n1c(-c2ccccc2)nc2sc3c(c2c1=O)CCC3. The smallest absolute Gasteiger partial charge is 0.329 e. The van der Waals surface area contributed by atoms with E-state index in [2.05, 4.69) is 0 Å². The third-order valence-corrected chi connectivity index (χ3v) is 6.04. The molecular formula is C19H18N2O3S. The van der Waals surface area contributed by atoms with E-state index in [-0.39, 0.29) is 5.56 Å². The summed E-state index contributed by atoms with van der Waals surface area (Å²) in [5.74, 6) is -0.648. The number of rotatable bonds is 3. The molecule has 2 heterocycles. The van der Waals surface area contributed by atoms with E-state index in [0.29, 0.717) is 16.0 Å². The van der Waals surface area contributed by atoms with Crippen LogP contribution in [0.4, 0.5) is 0 Å². The molecule has 0 saturated heterocycles. The standard InChI is InChI=1S/C19H18N2O3S/c1-19(2,18(23)24)21-15(11-7-4-3-5-8-11)20-16-14(17(21)22)12-9-6-10-13(12)25-16/h3-5,7-8H,6,9-10H2,1-2H3,(H,23,24). The average molecular weight is 354 g/mol. The maximum absolute atomic E-state index is 13.4. The van der Waals surface area contributed by atoms with E-state index in [4.69, 9.17) is 4.98 Å². The molecule has 0 unspecified atom stereocenters. The minimum Gasteiger partial charge on any atom is -0.480 e. The number of aryl methyl sites for hydroxylation is 2. The Hall–Kier alpha value is -2.47. The third-order valence-electron chi connectivity index (χ3n) is 4.85. The molecule has 1 N–H and O–H groups in total. The van der Waals surface area contributed by atoms with Crippen molar-refractivity contribution in [3.05, 3.63) is 51.1 Å². The molecule has 0 amide bonds. The summed E-state index contributed by atoms with van der Waals surface area (Å²) in [5, 5.41) is 10.3. The average Bonchev–Trinajstić information content (AvgIpc) is 3.15. The largest absolute Gasteiger partial charge is 0.480 e. The fourth-order valence-corrected chi connectivity index (χ4v) is 4.69. The highest BCUT2D eigenvalue weighted by Gasteiger charge is 2.35. The van der Waals surface area contributed by atoms with E-state index < -0.39 is 11.5 Å². The number of carbonyl (C=O) groups is 1. The summed E-state index contributed by atoms with van der Waals surface area (Å²) in [6.07, 6.45) is 2.88. The number of fused-ring (bicyclic) bond motifs is 3. The second-order valence-corrected chi connectivity index (χ2v) is 7.93. The Kier molecular flexibility index (Phi) is 3.54. The van der Waals surface area contributed by atoms with Crippen LogP contribution in [0.1, 0.15) is 30.7 Å². The number of benzene rings is 1. The van der Waals surface area contributed by atoms with E-state index in [0.717, 1.165) is 30.4 Å². The van der Waals surface area contributed by atoms with Gasteiger partial charge in [0, 0.05) is 10.4 Å². The van der Waals surface area contributed by atoms with Gasteiger partial charge in [0.05, 0.1) is 5.39 Å². The van der Waals surface area contributed by atoms with Crippen LogP contribution in [0, 0.1) is 0 Å². The van der Waals surface area contributed by atoms with Gasteiger partial charge in [-0.15, -0.1) is 11.3 Å². The van der Waals surface area contributed by atoms with E-state index in [1.165, 1.54) is 9.44 Å². The molecule has 1 aromatic carbocycles. The van der Waals surface area contributed by atoms with Crippen molar-refractivity contribution in [3.8, 4) is 11.4 Å². The quantitative estimate of drug-likeness (QED) is 0.782. The minimum absolute atomic E-state index is 0.254. The lowest BCUT2D eigenvalue weighted by atomic mass is 10.0. The molecule has 0 spiro atoms. The lowest BCUT2D eigenvalue weighted by Gasteiger charge is -2.25. The molecule has 1 aliphatic rings. The number of aromatic nitrogens is 2. The molecular weight excluding hydrogens is 336 g/mol. The Morgan fingerprint density at radius 2 is 1.96 bits per heavy atom. The van der Waals surface area contributed by atoms with Crippen LogP contribution in [-0.4, -0.2) is 20.6 Å². The van der Waals surface area contributed by atoms with Gasteiger partial charge < -0.3 is 5.11 Å². The monoisotopic (exact) mass is 354 g/mol. The van der Waals surface area contributed by atoms with Crippen LogP contribution in [0.2, 0.25) is 0 Å². The van der Waals surface area contributed by atoms with Crippen molar-refractivity contribution in [2.75, 3.05) is 0 Å². The Labute approximate surface area is 148 Å². The second kappa shape index (κ2) is 5.52. The van der Waals surface area contributed by atoms with Crippen LogP contribution < -0.4 is 5.56 Å². The highest BCUT2D eigenvalue weighted by Crippen LogP contribution is 2.36. The van der Waals surface area contributed by atoms with Crippen LogP contribution in [-0.2, 0) is 23.2 Å². The summed E-state index contributed by atoms with van der Waals surface area (Å²) < 4.78 is 1.35. The lowest BCUT2D eigenvalue weighted by molar-refractivity contribution is -0.145. The van der Waals surface area contributed by atoms with Crippen molar-refractivity contribution in [1.82, 2.24) is 9.55 Å².